The van der Waals surface area contributed by atoms with Crippen LogP contribution in [0.1, 0.15) is 35.8 Å². The Morgan fingerprint density at radius 3 is 2.65 bits per heavy atom. The number of carbonyl (C=O) groups excluding carboxylic acids is 2. The molecule has 1 aliphatic carbocycles. The Morgan fingerprint density at radius 1 is 1.10 bits per heavy atom. The summed E-state index contributed by atoms with van der Waals surface area (Å²) in [7, 11) is 1.93. The number of amides is 3. The van der Waals surface area contributed by atoms with Crippen molar-refractivity contribution in [2.45, 2.75) is 44.7 Å². The molecule has 0 radical (unpaired) electrons. The maximum absolute atomic E-state index is 13.4. The number of rotatable bonds is 5. The zero-order chi connectivity index (χ0) is 21.6. The molecule has 3 amide bonds. The number of aryl methyl sites for hydroxylation is 2. The zero-order valence-corrected chi connectivity index (χ0v) is 18.0. The van der Waals surface area contributed by atoms with E-state index in [-0.39, 0.29) is 18.6 Å². The lowest BCUT2D eigenvalue weighted by Gasteiger charge is -2.32. The molecule has 3 aromatic rings. The number of fused-ring (bicyclic) bond motifs is 2. The summed E-state index contributed by atoms with van der Waals surface area (Å²) < 4.78 is 6.00. The first kappa shape index (κ1) is 19.8. The van der Waals surface area contributed by atoms with Crippen molar-refractivity contribution < 1.29 is 14.0 Å². The summed E-state index contributed by atoms with van der Waals surface area (Å²) in [6.07, 6.45) is 2.79. The summed E-state index contributed by atoms with van der Waals surface area (Å²) in [5.41, 5.74) is 3.59. The molecule has 1 spiro atoms. The van der Waals surface area contributed by atoms with Crippen molar-refractivity contribution in [3.63, 3.8) is 0 Å². The van der Waals surface area contributed by atoms with Crippen LogP contribution in [-0.2, 0) is 30.6 Å². The summed E-state index contributed by atoms with van der Waals surface area (Å²) >= 11 is 0. The number of carbonyl (C=O) groups is 2. The summed E-state index contributed by atoms with van der Waals surface area (Å²) in [5.74, 6) is 0.831. The third kappa shape index (κ3) is 3.31. The number of hydrogen-bond donors (Lipinski definition) is 1. The highest BCUT2D eigenvalue weighted by Gasteiger charge is 2.52. The van der Waals surface area contributed by atoms with Gasteiger partial charge >= 0.3 is 6.03 Å². The highest BCUT2D eigenvalue weighted by atomic mass is 16.3. The van der Waals surface area contributed by atoms with Gasteiger partial charge in [0.25, 0.3) is 5.91 Å². The van der Waals surface area contributed by atoms with E-state index in [1.165, 1.54) is 10.5 Å². The van der Waals surface area contributed by atoms with Crippen LogP contribution < -0.4 is 5.32 Å². The number of nitrogens with zero attached hydrogens (tertiary/aromatic N) is 2. The van der Waals surface area contributed by atoms with E-state index in [9.17, 15) is 9.59 Å². The molecule has 2 aliphatic rings. The Hall–Kier alpha value is -3.12. The number of para-hydroxylation sites is 1. The van der Waals surface area contributed by atoms with Crippen molar-refractivity contribution in [2.24, 2.45) is 0 Å². The summed E-state index contributed by atoms with van der Waals surface area (Å²) in [5, 5.41) is 4.11. The lowest BCUT2D eigenvalue weighted by molar-refractivity contribution is -0.133. The maximum Gasteiger partial charge on any atom is 0.326 e. The first-order valence-corrected chi connectivity index (χ1v) is 10.9. The first-order chi connectivity index (χ1) is 15.0. The van der Waals surface area contributed by atoms with Gasteiger partial charge in [-0.05, 0) is 37.1 Å². The van der Waals surface area contributed by atoms with Gasteiger partial charge in [0.15, 0.2) is 0 Å². The van der Waals surface area contributed by atoms with E-state index in [2.05, 4.69) is 30.4 Å². The molecule has 160 valence electrons. The number of furan rings is 1. The molecule has 0 bridgehead atoms. The molecule has 6 heteroatoms. The number of benzene rings is 2. The van der Waals surface area contributed by atoms with E-state index in [1.54, 1.807) is 0 Å². The quantitative estimate of drug-likeness (QED) is 0.640. The predicted molar refractivity (Wildman–Crippen MR) is 119 cm³/mol. The van der Waals surface area contributed by atoms with Crippen LogP contribution in [0.3, 0.4) is 0 Å². The smallest absolute Gasteiger partial charge is 0.326 e. The average molecular weight is 418 g/mol. The highest BCUT2D eigenvalue weighted by Crippen LogP contribution is 2.34. The minimum absolute atomic E-state index is 0.119. The number of urea groups is 1. The lowest BCUT2D eigenvalue weighted by Crippen LogP contribution is -2.51. The first-order valence-electron chi connectivity index (χ1n) is 10.9. The Balaban J connectivity index is 1.34. The fourth-order valence-corrected chi connectivity index (χ4v) is 5.00. The van der Waals surface area contributed by atoms with E-state index in [4.69, 9.17) is 4.42 Å². The van der Waals surface area contributed by atoms with Gasteiger partial charge in [-0.15, -0.1) is 0 Å². The second-order valence-corrected chi connectivity index (χ2v) is 8.70. The molecule has 1 atom stereocenters. The third-order valence-electron chi connectivity index (χ3n) is 6.59. The molecule has 0 saturated carbocycles. The van der Waals surface area contributed by atoms with Gasteiger partial charge in [0, 0.05) is 30.3 Å². The molecule has 6 nitrogen and oxygen atoms in total. The fraction of sp³-hybridized carbons (Fsp3) is 0.360. The van der Waals surface area contributed by atoms with Crippen LogP contribution in [0.4, 0.5) is 4.79 Å². The van der Waals surface area contributed by atoms with Gasteiger partial charge in [-0.2, -0.15) is 0 Å². The molecule has 2 aromatic carbocycles. The second-order valence-electron chi connectivity index (χ2n) is 8.70. The Bertz CT molecular complexity index is 1170. The zero-order valence-electron chi connectivity index (χ0n) is 18.0. The Labute approximate surface area is 181 Å². The second kappa shape index (κ2) is 7.54. The van der Waals surface area contributed by atoms with Crippen molar-refractivity contribution in [1.82, 2.24) is 15.1 Å². The van der Waals surface area contributed by atoms with Crippen LogP contribution in [0.2, 0.25) is 0 Å². The van der Waals surface area contributed by atoms with Crippen LogP contribution in [0.15, 0.2) is 52.9 Å². The molecule has 1 N–H and O–H groups in total. The Kier molecular flexibility index (Phi) is 4.82. The van der Waals surface area contributed by atoms with Crippen LogP contribution in [0.5, 0.6) is 0 Å². The van der Waals surface area contributed by atoms with E-state index in [1.807, 2.05) is 42.3 Å². The minimum Gasteiger partial charge on any atom is -0.461 e. The van der Waals surface area contributed by atoms with Crippen LogP contribution in [0.25, 0.3) is 11.0 Å². The fourth-order valence-electron chi connectivity index (χ4n) is 5.00. The van der Waals surface area contributed by atoms with Crippen LogP contribution in [-0.4, -0.2) is 41.0 Å². The van der Waals surface area contributed by atoms with E-state index in [0.717, 1.165) is 40.7 Å². The van der Waals surface area contributed by atoms with Gasteiger partial charge < -0.3 is 9.73 Å². The van der Waals surface area contributed by atoms with Crippen LogP contribution >= 0.6 is 0 Å². The van der Waals surface area contributed by atoms with E-state index < -0.39 is 5.54 Å². The molecule has 5 rings (SSSR count). The molecule has 1 fully saturated rings. The lowest BCUT2D eigenvalue weighted by atomic mass is 9.78. The number of nitrogens with one attached hydrogen (secondary N) is 1. The Morgan fingerprint density at radius 2 is 1.84 bits per heavy atom. The van der Waals surface area contributed by atoms with Gasteiger partial charge in [-0.25, -0.2) is 9.69 Å². The summed E-state index contributed by atoms with van der Waals surface area (Å²) in [4.78, 5) is 29.5. The van der Waals surface area contributed by atoms with Crippen LogP contribution in [0, 0.1) is 0 Å². The van der Waals surface area contributed by atoms with E-state index in [0.29, 0.717) is 19.4 Å². The SMILES string of the molecule is CCc1oc2ccccc2c1CN(C)CN1C(=O)NC2(CCc3ccccc3C2)C1=O. The predicted octanol–water partition coefficient (Wildman–Crippen LogP) is 3.86. The molecule has 1 saturated heterocycles. The third-order valence-corrected chi connectivity index (χ3v) is 6.59. The monoisotopic (exact) mass is 417 g/mol. The van der Waals surface area contributed by atoms with Crippen molar-refractivity contribution in [3.05, 3.63) is 71.0 Å². The maximum atomic E-state index is 13.4. The molecular formula is C25H27N3O3. The summed E-state index contributed by atoms with van der Waals surface area (Å²) in [6, 6.07) is 15.9. The largest absolute Gasteiger partial charge is 0.461 e. The van der Waals surface area contributed by atoms with Gasteiger partial charge in [0.05, 0.1) is 6.67 Å². The van der Waals surface area contributed by atoms with Crippen molar-refractivity contribution in [1.29, 1.82) is 0 Å². The molecule has 1 aliphatic heterocycles. The average Bonchev–Trinajstić information content (AvgIpc) is 3.24. The molecule has 1 aromatic heterocycles. The molecule has 2 heterocycles. The van der Waals surface area contributed by atoms with Crippen molar-refractivity contribution in [2.75, 3.05) is 13.7 Å². The highest BCUT2D eigenvalue weighted by molar-refractivity contribution is 6.07. The molecule has 31 heavy (non-hydrogen) atoms. The van der Waals surface area contributed by atoms with E-state index >= 15 is 0 Å². The minimum atomic E-state index is -0.816. The molecule has 1 unspecified atom stereocenters. The van der Waals surface area contributed by atoms with Gasteiger partial charge in [0.1, 0.15) is 16.9 Å². The van der Waals surface area contributed by atoms with Crippen molar-refractivity contribution in [3.8, 4) is 0 Å². The number of imide groups is 1. The topological polar surface area (TPSA) is 65.8 Å². The summed E-state index contributed by atoms with van der Waals surface area (Å²) in [6.45, 7) is 2.92. The van der Waals surface area contributed by atoms with Gasteiger partial charge in [-0.3, -0.25) is 9.69 Å². The van der Waals surface area contributed by atoms with Crippen molar-refractivity contribution >= 4 is 22.9 Å². The molecular weight excluding hydrogens is 390 g/mol. The van der Waals surface area contributed by atoms with Gasteiger partial charge in [-0.1, -0.05) is 49.4 Å². The number of hydrogen-bond acceptors (Lipinski definition) is 4. The van der Waals surface area contributed by atoms with Gasteiger partial charge in [0.2, 0.25) is 0 Å². The normalized spacial score (nSPS) is 20.7. The standard InChI is InChI=1S/C25H27N3O3/c1-3-21-20(19-10-6-7-11-22(19)31-21)15-27(2)16-28-23(29)25(26-24(28)30)13-12-17-8-4-5-9-18(17)14-25/h4-11H,3,12-16H2,1-2H3,(H,26,30).